The third kappa shape index (κ3) is 4.54. The molecule has 1 aromatic rings. The van der Waals surface area contributed by atoms with Gasteiger partial charge in [-0.05, 0) is 45.4 Å². The second-order valence-corrected chi connectivity index (χ2v) is 7.62. The fraction of sp³-hybridized carbons (Fsp3) is 0.737. The predicted molar refractivity (Wildman–Crippen MR) is 94.9 cm³/mol. The summed E-state index contributed by atoms with van der Waals surface area (Å²) in [6.45, 7) is 9.78. The largest absolute Gasteiger partial charge is 0.377 e. The lowest BCUT2D eigenvalue weighted by Gasteiger charge is -2.33. The lowest BCUT2D eigenvalue weighted by molar-refractivity contribution is -0.0924. The number of hydrogen-bond donors (Lipinski definition) is 0. The molecule has 3 rings (SSSR count). The Hall–Kier alpha value is -1.01. The van der Waals surface area contributed by atoms with Gasteiger partial charge in [0.05, 0.1) is 19.3 Å². The summed E-state index contributed by atoms with van der Waals surface area (Å²) in [5.41, 5.74) is 1.12. The average Bonchev–Trinajstić information content (AvgIpc) is 2.83. The van der Waals surface area contributed by atoms with Gasteiger partial charge in [0.15, 0.2) is 0 Å². The van der Waals surface area contributed by atoms with Crippen molar-refractivity contribution in [1.29, 1.82) is 0 Å². The Morgan fingerprint density at radius 1 is 1.46 bits per heavy atom. The van der Waals surface area contributed by atoms with Crippen molar-refractivity contribution < 1.29 is 9.47 Å². The van der Waals surface area contributed by atoms with Gasteiger partial charge in [0.2, 0.25) is 0 Å². The normalized spacial score (nSPS) is 28.8. The molecule has 5 nitrogen and oxygen atoms in total. The van der Waals surface area contributed by atoms with Gasteiger partial charge in [0.25, 0.3) is 0 Å². The van der Waals surface area contributed by atoms with Crippen LogP contribution in [0.2, 0.25) is 0 Å². The van der Waals surface area contributed by atoms with Crippen molar-refractivity contribution in [3.8, 4) is 0 Å². The highest BCUT2D eigenvalue weighted by molar-refractivity contribution is 5.08. The van der Waals surface area contributed by atoms with E-state index in [1.807, 2.05) is 18.5 Å². The van der Waals surface area contributed by atoms with Crippen LogP contribution < -0.4 is 0 Å². The van der Waals surface area contributed by atoms with E-state index in [0.717, 1.165) is 52.2 Å². The first-order valence-electron chi connectivity index (χ1n) is 9.13. The van der Waals surface area contributed by atoms with Gasteiger partial charge in [0, 0.05) is 44.6 Å². The van der Waals surface area contributed by atoms with Crippen molar-refractivity contribution in [2.24, 2.45) is 0 Å². The van der Waals surface area contributed by atoms with E-state index >= 15 is 0 Å². The number of hydrogen-bond acceptors (Lipinski definition) is 5. The topological polar surface area (TPSA) is 37.8 Å². The molecule has 24 heavy (non-hydrogen) atoms. The van der Waals surface area contributed by atoms with Crippen LogP contribution >= 0.6 is 0 Å². The van der Waals surface area contributed by atoms with E-state index in [2.05, 4.69) is 41.7 Å². The number of rotatable bonds is 5. The fourth-order valence-corrected chi connectivity index (χ4v) is 3.65. The number of likely N-dealkylation sites (N-methyl/N-ethyl adjacent to an activating group) is 1. The highest BCUT2D eigenvalue weighted by Gasteiger charge is 2.43. The lowest BCUT2D eigenvalue weighted by atomic mass is 10.00. The average molecular weight is 333 g/mol. The van der Waals surface area contributed by atoms with E-state index in [1.54, 1.807) is 0 Å². The Kier molecular flexibility index (Phi) is 5.87. The van der Waals surface area contributed by atoms with Gasteiger partial charge in [0.1, 0.15) is 5.60 Å². The van der Waals surface area contributed by atoms with Gasteiger partial charge < -0.3 is 14.4 Å². The molecule has 134 valence electrons. The number of aromatic nitrogens is 1. The number of ether oxygens (including phenoxy) is 2. The van der Waals surface area contributed by atoms with Crippen LogP contribution in [0.5, 0.6) is 0 Å². The third-order valence-corrected chi connectivity index (χ3v) is 5.27. The van der Waals surface area contributed by atoms with Crippen LogP contribution in [0.15, 0.2) is 24.5 Å². The van der Waals surface area contributed by atoms with Crippen molar-refractivity contribution in [3.05, 3.63) is 30.1 Å². The summed E-state index contributed by atoms with van der Waals surface area (Å²) in [6.07, 6.45) is 6.31. The minimum atomic E-state index is -0.138. The van der Waals surface area contributed by atoms with Crippen molar-refractivity contribution >= 4 is 0 Å². The quantitative estimate of drug-likeness (QED) is 0.826. The molecule has 3 heterocycles. The first-order chi connectivity index (χ1) is 11.6. The zero-order valence-electron chi connectivity index (χ0n) is 15.3. The van der Waals surface area contributed by atoms with Gasteiger partial charge in [-0.25, -0.2) is 0 Å². The molecule has 1 spiro atoms. The molecule has 0 aromatic carbocycles. The standard InChI is InChI=1S/C19H31N3O2/c1-16(2)21(3)13-18-6-7-19(24-18)14-22(9-10-23-15-19)12-17-5-4-8-20-11-17/h4-5,8,11,16,18H,6-7,9-10,12-15H2,1-3H3/t18-,19+/m1/s1. The first-order valence-corrected chi connectivity index (χ1v) is 9.13. The smallest absolute Gasteiger partial charge is 0.105 e. The monoisotopic (exact) mass is 333 g/mol. The molecular weight excluding hydrogens is 302 g/mol. The molecule has 0 bridgehead atoms. The van der Waals surface area contributed by atoms with E-state index in [9.17, 15) is 0 Å². The van der Waals surface area contributed by atoms with E-state index in [0.29, 0.717) is 12.1 Å². The summed E-state index contributed by atoms with van der Waals surface area (Å²) >= 11 is 0. The highest BCUT2D eigenvalue weighted by atomic mass is 16.6. The van der Waals surface area contributed by atoms with Gasteiger partial charge in [-0.2, -0.15) is 0 Å². The minimum Gasteiger partial charge on any atom is -0.377 e. The maximum absolute atomic E-state index is 6.53. The van der Waals surface area contributed by atoms with Crippen LogP contribution in [0.4, 0.5) is 0 Å². The molecule has 2 saturated heterocycles. The molecule has 0 aliphatic carbocycles. The summed E-state index contributed by atoms with van der Waals surface area (Å²) in [5.74, 6) is 0. The molecule has 2 aliphatic rings. The molecule has 0 saturated carbocycles. The molecule has 0 N–H and O–H groups in total. The molecule has 0 radical (unpaired) electrons. The summed E-state index contributed by atoms with van der Waals surface area (Å²) in [7, 11) is 2.18. The molecule has 2 fully saturated rings. The molecule has 0 amide bonds. The third-order valence-electron chi connectivity index (χ3n) is 5.27. The second-order valence-electron chi connectivity index (χ2n) is 7.62. The summed E-state index contributed by atoms with van der Waals surface area (Å²) in [4.78, 5) is 9.06. The Morgan fingerprint density at radius 2 is 2.33 bits per heavy atom. The maximum Gasteiger partial charge on any atom is 0.105 e. The SMILES string of the molecule is CC(C)N(C)C[C@H]1CC[C@]2(COCCN(Cc3cccnc3)C2)O1. The number of pyridine rings is 1. The van der Waals surface area contributed by atoms with Gasteiger partial charge >= 0.3 is 0 Å². The van der Waals surface area contributed by atoms with Crippen LogP contribution in [0.1, 0.15) is 32.3 Å². The van der Waals surface area contributed by atoms with Crippen LogP contribution in [-0.2, 0) is 16.0 Å². The molecule has 0 unspecified atom stereocenters. The zero-order chi connectivity index (χ0) is 17.0. The van der Waals surface area contributed by atoms with E-state index in [-0.39, 0.29) is 5.60 Å². The summed E-state index contributed by atoms with van der Waals surface area (Å²) < 4.78 is 12.4. The number of nitrogens with zero attached hydrogens (tertiary/aromatic N) is 3. The Balaban J connectivity index is 1.60. The summed E-state index contributed by atoms with van der Waals surface area (Å²) in [5, 5.41) is 0. The molecule has 1 aromatic heterocycles. The Labute approximate surface area is 145 Å². The molecule has 2 atom stereocenters. The van der Waals surface area contributed by atoms with Gasteiger partial charge in [-0.1, -0.05) is 6.07 Å². The van der Waals surface area contributed by atoms with E-state index in [1.165, 1.54) is 5.56 Å². The van der Waals surface area contributed by atoms with Crippen LogP contribution in [-0.4, -0.2) is 72.4 Å². The molecular formula is C19H31N3O2. The van der Waals surface area contributed by atoms with Crippen LogP contribution in [0.25, 0.3) is 0 Å². The Morgan fingerprint density at radius 3 is 3.08 bits per heavy atom. The van der Waals surface area contributed by atoms with Gasteiger partial charge in [-0.3, -0.25) is 9.88 Å². The predicted octanol–water partition coefficient (Wildman–Crippen LogP) is 2.17. The van der Waals surface area contributed by atoms with Crippen molar-refractivity contribution in [1.82, 2.24) is 14.8 Å². The first kappa shape index (κ1) is 17.8. The van der Waals surface area contributed by atoms with E-state index < -0.39 is 0 Å². The van der Waals surface area contributed by atoms with E-state index in [4.69, 9.17) is 9.47 Å². The summed E-state index contributed by atoms with van der Waals surface area (Å²) in [6, 6.07) is 4.70. The lowest BCUT2D eigenvalue weighted by Crippen LogP contribution is -2.45. The van der Waals surface area contributed by atoms with Gasteiger partial charge in [-0.15, -0.1) is 0 Å². The Bertz CT molecular complexity index is 511. The fourth-order valence-electron chi connectivity index (χ4n) is 3.65. The van der Waals surface area contributed by atoms with Crippen LogP contribution in [0, 0.1) is 0 Å². The molecule has 2 aliphatic heterocycles. The van der Waals surface area contributed by atoms with Crippen LogP contribution in [0.3, 0.4) is 0 Å². The second kappa shape index (κ2) is 7.91. The van der Waals surface area contributed by atoms with Crippen molar-refractivity contribution in [2.75, 3.05) is 39.9 Å². The zero-order valence-corrected chi connectivity index (χ0v) is 15.3. The maximum atomic E-state index is 6.53. The highest BCUT2D eigenvalue weighted by Crippen LogP contribution is 2.33. The molecule has 5 heteroatoms. The van der Waals surface area contributed by atoms with Crippen molar-refractivity contribution in [3.63, 3.8) is 0 Å². The minimum absolute atomic E-state index is 0.138. The van der Waals surface area contributed by atoms with Crippen molar-refractivity contribution in [2.45, 2.75) is 51.0 Å².